The number of aryl methyl sites for hydroxylation is 1. The van der Waals surface area contributed by atoms with Gasteiger partial charge in [-0.2, -0.15) is 5.10 Å². The summed E-state index contributed by atoms with van der Waals surface area (Å²) < 4.78 is 1.88. The number of aromatic nitrogens is 2. The van der Waals surface area contributed by atoms with Crippen molar-refractivity contribution in [2.45, 2.75) is 44.9 Å². The molecule has 0 amide bonds. The van der Waals surface area contributed by atoms with Gasteiger partial charge >= 0.3 is 0 Å². The maximum absolute atomic E-state index is 9.62. The van der Waals surface area contributed by atoms with Gasteiger partial charge in [0.2, 0.25) is 0 Å². The van der Waals surface area contributed by atoms with E-state index in [0.29, 0.717) is 0 Å². The summed E-state index contributed by atoms with van der Waals surface area (Å²) in [5, 5.41) is 17.2. The Labute approximate surface area is 83.9 Å². The molecule has 0 bridgehead atoms. The van der Waals surface area contributed by atoms with Gasteiger partial charge in [0, 0.05) is 18.8 Å². The van der Waals surface area contributed by atoms with E-state index in [1.54, 1.807) is 0 Å². The first-order chi connectivity index (χ1) is 6.79. The zero-order valence-corrected chi connectivity index (χ0v) is 8.48. The summed E-state index contributed by atoms with van der Waals surface area (Å²) in [4.78, 5) is 0. The number of aliphatic hydroxyl groups excluding tert-OH is 1. The highest BCUT2D eigenvalue weighted by Gasteiger charge is 2.25. The second-order valence-electron chi connectivity index (χ2n) is 3.81. The fraction of sp³-hybridized carbons (Fsp3) is 0.700. The van der Waals surface area contributed by atoms with Crippen LogP contribution in [-0.2, 0) is 6.54 Å². The van der Waals surface area contributed by atoms with Crippen molar-refractivity contribution < 1.29 is 5.11 Å². The maximum Gasteiger partial charge on any atom is 0.148 e. The zero-order valence-electron chi connectivity index (χ0n) is 8.48. The number of rotatable bonds is 3. The molecule has 0 unspecified atom stereocenters. The number of aliphatic hydroxyl groups is 1. The van der Waals surface area contributed by atoms with Gasteiger partial charge in [0.25, 0.3) is 0 Å². The molecule has 4 heteroatoms. The molecule has 0 aliphatic heterocycles. The van der Waals surface area contributed by atoms with Crippen molar-refractivity contribution in [1.29, 1.82) is 0 Å². The third-order valence-corrected chi connectivity index (χ3v) is 2.78. The quantitative estimate of drug-likeness (QED) is 0.762. The standard InChI is InChI=1S/C10H17N3O/c1-2-13-7-6-10(12-13)11-8-4-3-5-9(8)14/h6-9,14H,2-5H2,1H3,(H,11,12)/t8-,9-/m0/s1. The van der Waals surface area contributed by atoms with Crippen molar-refractivity contribution in [3.63, 3.8) is 0 Å². The van der Waals surface area contributed by atoms with Gasteiger partial charge in [-0.15, -0.1) is 0 Å². The smallest absolute Gasteiger partial charge is 0.148 e. The Balaban J connectivity index is 1.96. The van der Waals surface area contributed by atoms with E-state index in [1.165, 1.54) is 0 Å². The van der Waals surface area contributed by atoms with E-state index in [2.05, 4.69) is 17.3 Å². The molecule has 4 nitrogen and oxygen atoms in total. The highest BCUT2D eigenvalue weighted by Crippen LogP contribution is 2.21. The Morgan fingerprint density at radius 1 is 1.64 bits per heavy atom. The molecule has 1 heterocycles. The van der Waals surface area contributed by atoms with Gasteiger partial charge in [0.15, 0.2) is 0 Å². The minimum atomic E-state index is -0.207. The molecule has 0 aromatic carbocycles. The molecule has 1 aromatic rings. The maximum atomic E-state index is 9.62. The summed E-state index contributed by atoms with van der Waals surface area (Å²) in [6.07, 6.45) is 4.80. The Hall–Kier alpha value is -1.03. The number of nitrogens with zero attached hydrogens (tertiary/aromatic N) is 2. The Bertz CT molecular complexity index is 297. The van der Waals surface area contributed by atoms with Gasteiger partial charge in [0.05, 0.1) is 12.1 Å². The van der Waals surface area contributed by atoms with Gasteiger partial charge in [0.1, 0.15) is 5.82 Å². The summed E-state index contributed by atoms with van der Waals surface area (Å²) in [6.45, 7) is 2.94. The van der Waals surface area contributed by atoms with Crippen molar-refractivity contribution in [3.05, 3.63) is 12.3 Å². The molecule has 2 rings (SSSR count). The van der Waals surface area contributed by atoms with Crippen LogP contribution in [0.2, 0.25) is 0 Å². The highest BCUT2D eigenvalue weighted by atomic mass is 16.3. The molecule has 14 heavy (non-hydrogen) atoms. The predicted molar refractivity (Wildman–Crippen MR) is 55.2 cm³/mol. The molecular formula is C10H17N3O. The van der Waals surface area contributed by atoms with E-state index < -0.39 is 0 Å². The average Bonchev–Trinajstić information content (AvgIpc) is 2.77. The van der Waals surface area contributed by atoms with Crippen LogP contribution in [0, 0.1) is 0 Å². The highest BCUT2D eigenvalue weighted by molar-refractivity contribution is 5.34. The Morgan fingerprint density at radius 2 is 2.50 bits per heavy atom. The van der Waals surface area contributed by atoms with Crippen molar-refractivity contribution in [3.8, 4) is 0 Å². The average molecular weight is 195 g/mol. The second-order valence-corrected chi connectivity index (χ2v) is 3.81. The van der Waals surface area contributed by atoms with E-state index in [9.17, 15) is 5.11 Å². The summed E-state index contributed by atoms with van der Waals surface area (Å²) in [5.41, 5.74) is 0. The molecule has 1 fully saturated rings. The normalized spacial score (nSPS) is 26.7. The predicted octanol–water partition coefficient (Wildman–Crippen LogP) is 1.23. The van der Waals surface area contributed by atoms with Gasteiger partial charge < -0.3 is 10.4 Å². The lowest BCUT2D eigenvalue weighted by molar-refractivity contribution is 0.171. The molecule has 1 saturated carbocycles. The van der Waals surface area contributed by atoms with Crippen LogP contribution in [-0.4, -0.2) is 27.0 Å². The summed E-state index contributed by atoms with van der Waals surface area (Å²) in [5.74, 6) is 0.873. The van der Waals surface area contributed by atoms with E-state index in [4.69, 9.17) is 0 Å². The van der Waals surface area contributed by atoms with E-state index >= 15 is 0 Å². The van der Waals surface area contributed by atoms with Crippen LogP contribution >= 0.6 is 0 Å². The molecular weight excluding hydrogens is 178 g/mol. The van der Waals surface area contributed by atoms with Crippen molar-refractivity contribution in [1.82, 2.24) is 9.78 Å². The van der Waals surface area contributed by atoms with Crippen LogP contribution in [0.25, 0.3) is 0 Å². The molecule has 1 aliphatic carbocycles. The largest absolute Gasteiger partial charge is 0.391 e. The summed E-state index contributed by atoms with van der Waals surface area (Å²) >= 11 is 0. The summed E-state index contributed by atoms with van der Waals surface area (Å²) in [7, 11) is 0. The van der Waals surface area contributed by atoms with Gasteiger partial charge in [-0.1, -0.05) is 0 Å². The molecule has 1 aromatic heterocycles. The number of hydrogen-bond donors (Lipinski definition) is 2. The summed E-state index contributed by atoms with van der Waals surface area (Å²) in [6, 6.07) is 2.14. The minimum absolute atomic E-state index is 0.190. The SMILES string of the molecule is CCn1ccc(N[C@H]2CCC[C@@H]2O)n1. The van der Waals surface area contributed by atoms with Crippen molar-refractivity contribution >= 4 is 5.82 Å². The third-order valence-electron chi connectivity index (χ3n) is 2.78. The second kappa shape index (κ2) is 4.00. The van der Waals surface area contributed by atoms with Gasteiger partial charge in [-0.25, -0.2) is 0 Å². The first-order valence-electron chi connectivity index (χ1n) is 5.27. The fourth-order valence-corrected chi connectivity index (χ4v) is 1.91. The molecule has 78 valence electrons. The van der Waals surface area contributed by atoms with Gasteiger partial charge in [-0.3, -0.25) is 4.68 Å². The fourth-order valence-electron chi connectivity index (χ4n) is 1.91. The molecule has 0 saturated heterocycles. The lowest BCUT2D eigenvalue weighted by Gasteiger charge is -2.15. The van der Waals surface area contributed by atoms with E-state index in [-0.39, 0.29) is 12.1 Å². The molecule has 2 atom stereocenters. The lowest BCUT2D eigenvalue weighted by Crippen LogP contribution is -2.28. The molecule has 1 aliphatic rings. The van der Waals surface area contributed by atoms with Crippen LogP contribution in [0.4, 0.5) is 5.82 Å². The van der Waals surface area contributed by atoms with Gasteiger partial charge in [-0.05, 0) is 26.2 Å². The Morgan fingerprint density at radius 3 is 3.07 bits per heavy atom. The van der Waals surface area contributed by atoms with Crippen LogP contribution in [0.5, 0.6) is 0 Å². The topological polar surface area (TPSA) is 50.1 Å². The molecule has 0 spiro atoms. The monoisotopic (exact) mass is 195 g/mol. The first kappa shape index (κ1) is 9.52. The number of nitrogens with one attached hydrogen (secondary N) is 1. The van der Waals surface area contributed by atoms with Crippen molar-refractivity contribution in [2.75, 3.05) is 5.32 Å². The van der Waals surface area contributed by atoms with E-state index in [0.717, 1.165) is 31.6 Å². The number of hydrogen-bond acceptors (Lipinski definition) is 3. The van der Waals surface area contributed by atoms with E-state index in [1.807, 2.05) is 16.9 Å². The minimum Gasteiger partial charge on any atom is -0.391 e. The van der Waals surface area contributed by atoms with Crippen LogP contribution in [0.15, 0.2) is 12.3 Å². The first-order valence-corrected chi connectivity index (χ1v) is 5.27. The lowest BCUT2D eigenvalue weighted by atomic mass is 10.2. The zero-order chi connectivity index (χ0) is 9.97. The number of anilines is 1. The van der Waals surface area contributed by atoms with Crippen LogP contribution < -0.4 is 5.32 Å². The van der Waals surface area contributed by atoms with Crippen molar-refractivity contribution in [2.24, 2.45) is 0 Å². The molecule has 0 radical (unpaired) electrons. The third kappa shape index (κ3) is 1.90. The molecule has 2 N–H and O–H groups in total. The van der Waals surface area contributed by atoms with Crippen LogP contribution in [0.1, 0.15) is 26.2 Å². The van der Waals surface area contributed by atoms with Crippen LogP contribution in [0.3, 0.4) is 0 Å². The Kier molecular flexibility index (Phi) is 2.72.